The molecule has 0 amide bonds. The van der Waals surface area contributed by atoms with Gasteiger partial charge < -0.3 is 0 Å². The molecule has 1 aliphatic rings. The molecule has 0 N–H and O–H groups in total. The van der Waals surface area contributed by atoms with Gasteiger partial charge in [0.25, 0.3) is 0 Å². The largest absolute Gasteiger partial charge is 0.294 e. The normalized spacial score (nSPS) is 22.8. The minimum Gasteiger partial charge on any atom is -0.294 e. The molecule has 1 saturated carbocycles. The predicted octanol–water partition coefficient (Wildman–Crippen LogP) is 4.99. The summed E-state index contributed by atoms with van der Waals surface area (Å²) in [7, 11) is 0. The van der Waals surface area contributed by atoms with E-state index in [4.69, 9.17) is 0 Å². The van der Waals surface area contributed by atoms with Crippen LogP contribution in [-0.2, 0) is 0 Å². The maximum Gasteiger partial charge on any atom is 0.166 e. The molecule has 0 saturated heterocycles. The van der Waals surface area contributed by atoms with Crippen LogP contribution in [0.5, 0.6) is 0 Å². The van der Waals surface area contributed by atoms with E-state index < -0.39 is 0 Å². The van der Waals surface area contributed by atoms with E-state index in [2.05, 4.69) is 29.8 Å². The fourth-order valence-corrected chi connectivity index (χ4v) is 3.21. The Kier molecular flexibility index (Phi) is 3.90. The van der Waals surface area contributed by atoms with Crippen molar-refractivity contribution in [1.82, 2.24) is 0 Å². The highest BCUT2D eigenvalue weighted by molar-refractivity contribution is 9.10. The summed E-state index contributed by atoms with van der Waals surface area (Å²) in [6, 6.07) is 4.54. The fraction of sp³-hybridized carbons (Fsp3) is 0.533. The van der Waals surface area contributed by atoms with Crippen molar-refractivity contribution in [3.8, 4) is 0 Å². The van der Waals surface area contributed by atoms with Gasteiger partial charge >= 0.3 is 0 Å². The van der Waals surface area contributed by atoms with Gasteiger partial charge in [-0.25, -0.2) is 4.39 Å². The molecule has 0 heterocycles. The Morgan fingerprint density at radius 3 is 2.72 bits per heavy atom. The van der Waals surface area contributed by atoms with Crippen molar-refractivity contribution in [3.63, 3.8) is 0 Å². The lowest BCUT2D eigenvalue weighted by Gasteiger charge is -2.37. The lowest BCUT2D eigenvalue weighted by atomic mass is 9.66. The number of rotatable bonds is 2. The molecule has 0 spiro atoms. The Hall–Kier alpha value is -0.700. The van der Waals surface area contributed by atoms with Crippen LogP contribution in [0.25, 0.3) is 0 Å². The molecule has 1 aromatic rings. The van der Waals surface area contributed by atoms with Crippen LogP contribution in [0.15, 0.2) is 22.7 Å². The van der Waals surface area contributed by atoms with Crippen LogP contribution < -0.4 is 0 Å². The zero-order valence-electron chi connectivity index (χ0n) is 10.8. The van der Waals surface area contributed by atoms with Gasteiger partial charge in [-0.3, -0.25) is 4.79 Å². The molecule has 0 radical (unpaired) electrons. The number of carbonyl (C=O) groups is 1. The molecule has 1 fully saturated rings. The monoisotopic (exact) mass is 312 g/mol. The minimum atomic E-state index is -0.325. The first-order valence-electron chi connectivity index (χ1n) is 6.41. The summed E-state index contributed by atoms with van der Waals surface area (Å²) in [6.07, 6.45) is 4.35. The van der Waals surface area contributed by atoms with Crippen LogP contribution in [0, 0.1) is 17.2 Å². The molecule has 18 heavy (non-hydrogen) atoms. The standard InChI is InChI=1S/C15H18BrFO/c1-15(2)8-4-3-5-11(15)14(18)10-6-7-13(17)12(16)9-10/h6-7,9,11H,3-5,8H2,1-2H3. The first-order valence-corrected chi connectivity index (χ1v) is 7.20. The van der Waals surface area contributed by atoms with E-state index in [1.165, 1.54) is 12.5 Å². The van der Waals surface area contributed by atoms with Gasteiger partial charge in [0.05, 0.1) is 4.47 Å². The van der Waals surface area contributed by atoms with E-state index >= 15 is 0 Å². The zero-order chi connectivity index (χ0) is 13.3. The number of hydrogen-bond donors (Lipinski definition) is 0. The molecule has 0 aliphatic heterocycles. The van der Waals surface area contributed by atoms with Crippen LogP contribution in [0.3, 0.4) is 0 Å². The van der Waals surface area contributed by atoms with Crippen molar-refractivity contribution < 1.29 is 9.18 Å². The third kappa shape index (κ3) is 2.66. The molecule has 3 heteroatoms. The number of Topliss-reactive ketones (excluding diaryl/α,β-unsaturated/α-hetero) is 1. The first kappa shape index (κ1) is 13.7. The number of halogens is 2. The van der Waals surface area contributed by atoms with E-state index in [1.54, 1.807) is 12.1 Å². The first-order chi connectivity index (χ1) is 8.42. The highest BCUT2D eigenvalue weighted by Crippen LogP contribution is 2.42. The quantitative estimate of drug-likeness (QED) is 0.703. The Labute approximate surface area is 116 Å². The molecular weight excluding hydrogens is 295 g/mol. The second kappa shape index (κ2) is 5.12. The van der Waals surface area contributed by atoms with Gasteiger partial charge in [0.2, 0.25) is 0 Å². The second-order valence-corrected chi connectivity index (χ2v) is 6.63. The predicted molar refractivity (Wildman–Crippen MR) is 74.2 cm³/mol. The Morgan fingerprint density at radius 2 is 2.11 bits per heavy atom. The van der Waals surface area contributed by atoms with E-state index in [-0.39, 0.29) is 22.9 Å². The molecule has 0 bridgehead atoms. The van der Waals surface area contributed by atoms with Gasteiger partial charge in [-0.15, -0.1) is 0 Å². The summed E-state index contributed by atoms with van der Waals surface area (Å²) < 4.78 is 13.6. The Morgan fingerprint density at radius 1 is 1.39 bits per heavy atom. The van der Waals surface area contributed by atoms with Crippen molar-refractivity contribution in [2.24, 2.45) is 11.3 Å². The van der Waals surface area contributed by atoms with Crippen molar-refractivity contribution >= 4 is 21.7 Å². The molecule has 1 unspecified atom stereocenters. The van der Waals surface area contributed by atoms with Crippen molar-refractivity contribution in [2.45, 2.75) is 39.5 Å². The van der Waals surface area contributed by atoms with E-state index in [9.17, 15) is 9.18 Å². The molecule has 2 rings (SSSR count). The zero-order valence-corrected chi connectivity index (χ0v) is 12.4. The third-order valence-electron chi connectivity index (χ3n) is 4.03. The fourth-order valence-electron chi connectivity index (χ4n) is 2.83. The molecule has 0 aromatic heterocycles. The number of benzene rings is 1. The molecule has 1 aliphatic carbocycles. The van der Waals surface area contributed by atoms with Crippen LogP contribution in [0.1, 0.15) is 49.9 Å². The van der Waals surface area contributed by atoms with Crippen LogP contribution in [-0.4, -0.2) is 5.78 Å². The molecular formula is C15H18BrFO. The van der Waals surface area contributed by atoms with Crippen LogP contribution >= 0.6 is 15.9 Å². The number of ketones is 1. The molecule has 1 aromatic carbocycles. The van der Waals surface area contributed by atoms with E-state index in [0.29, 0.717) is 10.0 Å². The SMILES string of the molecule is CC1(C)CCCCC1C(=O)c1ccc(F)c(Br)c1. The lowest BCUT2D eigenvalue weighted by molar-refractivity contribution is 0.0697. The summed E-state index contributed by atoms with van der Waals surface area (Å²) in [5.74, 6) is -0.113. The number of hydrogen-bond acceptors (Lipinski definition) is 1. The van der Waals surface area contributed by atoms with Gasteiger partial charge in [-0.1, -0.05) is 26.7 Å². The number of carbonyl (C=O) groups excluding carboxylic acids is 1. The molecule has 98 valence electrons. The smallest absolute Gasteiger partial charge is 0.166 e. The Bertz CT molecular complexity index is 468. The summed E-state index contributed by atoms with van der Waals surface area (Å²) in [6.45, 7) is 4.32. The van der Waals surface area contributed by atoms with E-state index in [1.807, 2.05) is 0 Å². The van der Waals surface area contributed by atoms with Gasteiger partial charge in [0.1, 0.15) is 5.82 Å². The topological polar surface area (TPSA) is 17.1 Å². The average Bonchev–Trinajstić information content (AvgIpc) is 2.31. The summed E-state index contributed by atoms with van der Waals surface area (Å²) in [5.41, 5.74) is 0.666. The van der Waals surface area contributed by atoms with Crippen LogP contribution in [0.4, 0.5) is 4.39 Å². The van der Waals surface area contributed by atoms with Crippen molar-refractivity contribution in [2.75, 3.05) is 0 Å². The highest BCUT2D eigenvalue weighted by atomic mass is 79.9. The average molecular weight is 313 g/mol. The minimum absolute atomic E-state index is 0.0518. The maximum absolute atomic E-state index is 13.2. The van der Waals surface area contributed by atoms with Crippen LogP contribution in [0.2, 0.25) is 0 Å². The highest BCUT2D eigenvalue weighted by Gasteiger charge is 2.37. The third-order valence-corrected chi connectivity index (χ3v) is 4.64. The van der Waals surface area contributed by atoms with Gasteiger partial charge in [0.15, 0.2) is 5.78 Å². The maximum atomic E-state index is 13.2. The second-order valence-electron chi connectivity index (χ2n) is 5.78. The summed E-state index contributed by atoms with van der Waals surface area (Å²) in [5, 5.41) is 0. The Balaban J connectivity index is 2.27. The molecule has 1 nitrogen and oxygen atoms in total. The van der Waals surface area contributed by atoms with Crippen molar-refractivity contribution in [1.29, 1.82) is 0 Å². The van der Waals surface area contributed by atoms with Gasteiger partial charge in [0, 0.05) is 11.5 Å². The van der Waals surface area contributed by atoms with E-state index in [0.717, 1.165) is 19.3 Å². The molecule has 1 atom stereocenters. The summed E-state index contributed by atoms with van der Waals surface area (Å²) in [4.78, 5) is 12.5. The lowest BCUT2D eigenvalue weighted by Crippen LogP contribution is -2.34. The summed E-state index contributed by atoms with van der Waals surface area (Å²) >= 11 is 3.14. The van der Waals surface area contributed by atoms with Gasteiger partial charge in [-0.05, 0) is 52.4 Å². The van der Waals surface area contributed by atoms with Crippen molar-refractivity contribution in [3.05, 3.63) is 34.1 Å². The van der Waals surface area contributed by atoms with Gasteiger partial charge in [-0.2, -0.15) is 0 Å².